The Bertz CT molecular complexity index is 1230. The van der Waals surface area contributed by atoms with Crippen LogP contribution in [0.5, 0.6) is 11.5 Å². The molecule has 0 aliphatic rings. The van der Waals surface area contributed by atoms with Crippen LogP contribution >= 0.6 is 0 Å². The third-order valence-electron chi connectivity index (χ3n) is 6.71. The largest absolute Gasteiger partial charge is 0.497 e. The molecule has 0 fully saturated rings. The van der Waals surface area contributed by atoms with Crippen LogP contribution in [0, 0.1) is 5.92 Å². The number of nitrogens with one attached hydrogen (secondary N) is 5. The van der Waals surface area contributed by atoms with Gasteiger partial charge in [-0.15, -0.1) is 0 Å². The molecule has 0 radical (unpaired) electrons. The highest BCUT2D eigenvalue weighted by molar-refractivity contribution is 5.94. The van der Waals surface area contributed by atoms with Crippen LogP contribution in [0.25, 0.3) is 0 Å². The molecular weight excluding hydrogens is 566 g/mol. The lowest BCUT2D eigenvalue weighted by Crippen LogP contribution is -2.56. The fourth-order valence-corrected chi connectivity index (χ4v) is 4.35. The Hall–Kier alpha value is -4.32. The molecule has 44 heavy (non-hydrogen) atoms. The van der Waals surface area contributed by atoms with Crippen LogP contribution < -0.4 is 36.1 Å². The molecular formula is C32H47N5O7. The monoisotopic (exact) mass is 613 g/mol. The minimum Gasteiger partial charge on any atom is -0.497 e. The summed E-state index contributed by atoms with van der Waals surface area (Å²) >= 11 is 0. The van der Waals surface area contributed by atoms with E-state index in [0.717, 1.165) is 5.56 Å². The molecule has 0 aromatic heterocycles. The minimum absolute atomic E-state index is 0.0197. The number of benzene rings is 2. The molecule has 5 amide bonds. The van der Waals surface area contributed by atoms with E-state index in [-0.39, 0.29) is 37.4 Å². The van der Waals surface area contributed by atoms with Crippen LogP contribution in [-0.2, 0) is 22.7 Å². The second-order valence-electron chi connectivity index (χ2n) is 11.2. The van der Waals surface area contributed by atoms with Crippen molar-refractivity contribution in [1.29, 1.82) is 0 Å². The van der Waals surface area contributed by atoms with Gasteiger partial charge in [0.15, 0.2) is 6.10 Å². The van der Waals surface area contributed by atoms with Crippen molar-refractivity contribution >= 4 is 23.8 Å². The van der Waals surface area contributed by atoms with Crippen molar-refractivity contribution in [3.8, 4) is 11.5 Å². The first-order valence-corrected chi connectivity index (χ1v) is 14.8. The van der Waals surface area contributed by atoms with Gasteiger partial charge in [-0.1, -0.05) is 32.9 Å². The Morgan fingerprint density at radius 3 is 1.89 bits per heavy atom. The highest BCUT2D eigenvalue weighted by Gasteiger charge is 2.30. The number of aliphatic hydroxyl groups excluding tert-OH is 1. The average Bonchev–Trinajstić information content (AvgIpc) is 3.00. The zero-order valence-corrected chi connectivity index (χ0v) is 26.7. The van der Waals surface area contributed by atoms with E-state index in [1.807, 2.05) is 27.7 Å². The lowest BCUT2D eigenvalue weighted by atomic mass is 10.0. The van der Waals surface area contributed by atoms with E-state index < -0.39 is 36.0 Å². The van der Waals surface area contributed by atoms with E-state index in [9.17, 15) is 24.3 Å². The summed E-state index contributed by atoms with van der Waals surface area (Å²) in [6, 6.07) is 9.73. The van der Waals surface area contributed by atoms with Gasteiger partial charge in [-0.05, 0) is 68.0 Å². The maximum atomic E-state index is 13.2. The average molecular weight is 614 g/mol. The molecule has 0 heterocycles. The number of hydrogen-bond acceptors (Lipinski definition) is 7. The van der Waals surface area contributed by atoms with Crippen molar-refractivity contribution in [2.45, 2.75) is 84.8 Å². The van der Waals surface area contributed by atoms with Crippen molar-refractivity contribution < 1.29 is 33.8 Å². The standard InChI is InChI=1S/C32H47N5O7/c1-8-26(28(38)31(41)33-18-22-14-24(43-6)16-25(15-22)44-7)36-30(40)27(13-19(2)3)37-32(42)34-17-21-9-11-23(12-10-21)29(39)35-20(4)5/h9-12,14-16,19-20,26-28,38H,8,13,17-18H2,1-7H3,(H,33,41)(H,35,39)(H,36,40)(H2,34,37,42)/t26?,27-,28?/m0/s1. The number of carbonyl (C=O) groups excluding carboxylic acids is 4. The molecule has 2 unspecified atom stereocenters. The SMILES string of the molecule is CCC(NC(=O)[C@H](CC(C)C)NC(=O)NCc1ccc(C(=O)NC(C)C)cc1)C(O)C(=O)NCc1cc(OC)cc(OC)c1. The summed E-state index contributed by atoms with van der Waals surface area (Å²) in [5.41, 5.74) is 2.00. The first-order chi connectivity index (χ1) is 20.9. The van der Waals surface area contributed by atoms with Gasteiger partial charge in [0.05, 0.1) is 20.3 Å². The van der Waals surface area contributed by atoms with E-state index >= 15 is 0 Å². The summed E-state index contributed by atoms with van der Waals surface area (Å²) in [4.78, 5) is 50.9. The molecule has 12 heteroatoms. The molecule has 3 atom stereocenters. The second kappa shape index (κ2) is 17.7. The zero-order chi connectivity index (χ0) is 32.8. The van der Waals surface area contributed by atoms with Gasteiger partial charge in [0.25, 0.3) is 11.8 Å². The van der Waals surface area contributed by atoms with Crippen LogP contribution in [0.15, 0.2) is 42.5 Å². The lowest BCUT2D eigenvalue weighted by Gasteiger charge is -2.26. The first-order valence-electron chi connectivity index (χ1n) is 14.8. The van der Waals surface area contributed by atoms with E-state index in [1.54, 1.807) is 49.4 Å². The smallest absolute Gasteiger partial charge is 0.315 e. The van der Waals surface area contributed by atoms with Crippen molar-refractivity contribution in [2.75, 3.05) is 14.2 Å². The van der Waals surface area contributed by atoms with Crippen LogP contribution in [0.2, 0.25) is 0 Å². The zero-order valence-electron chi connectivity index (χ0n) is 26.7. The maximum absolute atomic E-state index is 13.2. The topological polar surface area (TPSA) is 167 Å². The molecule has 242 valence electrons. The van der Waals surface area contributed by atoms with Gasteiger partial charge in [0.1, 0.15) is 17.5 Å². The van der Waals surface area contributed by atoms with Crippen molar-refractivity contribution in [3.63, 3.8) is 0 Å². The molecule has 12 nitrogen and oxygen atoms in total. The predicted octanol–water partition coefficient (Wildman–Crippen LogP) is 2.63. The lowest BCUT2D eigenvalue weighted by molar-refractivity contribution is -0.132. The number of rotatable bonds is 16. The van der Waals surface area contributed by atoms with Gasteiger partial charge in [0, 0.05) is 30.8 Å². The molecule has 2 aromatic rings. The van der Waals surface area contributed by atoms with Gasteiger partial charge in [-0.3, -0.25) is 14.4 Å². The quantitative estimate of drug-likeness (QED) is 0.169. The molecule has 2 rings (SSSR count). The first kappa shape index (κ1) is 35.9. The van der Waals surface area contributed by atoms with E-state index in [4.69, 9.17) is 9.47 Å². The fourth-order valence-electron chi connectivity index (χ4n) is 4.35. The molecule has 0 spiro atoms. The molecule has 6 N–H and O–H groups in total. The number of ether oxygens (including phenoxy) is 2. The highest BCUT2D eigenvalue weighted by Crippen LogP contribution is 2.22. The molecule has 0 bridgehead atoms. The van der Waals surface area contributed by atoms with E-state index in [1.165, 1.54) is 14.2 Å². The highest BCUT2D eigenvalue weighted by atomic mass is 16.5. The maximum Gasteiger partial charge on any atom is 0.315 e. The number of aliphatic hydroxyl groups is 1. The third kappa shape index (κ3) is 11.8. The fraction of sp³-hybridized carbons (Fsp3) is 0.500. The molecule has 0 saturated heterocycles. The third-order valence-corrected chi connectivity index (χ3v) is 6.71. The second-order valence-corrected chi connectivity index (χ2v) is 11.2. The number of methoxy groups -OCH3 is 2. The summed E-state index contributed by atoms with van der Waals surface area (Å²) in [6.45, 7) is 9.64. The van der Waals surface area contributed by atoms with Crippen LogP contribution in [0.3, 0.4) is 0 Å². The molecule has 0 aliphatic heterocycles. The van der Waals surface area contributed by atoms with Gasteiger partial charge < -0.3 is 41.2 Å². The normalized spacial score (nSPS) is 13.0. The molecule has 0 saturated carbocycles. The van der Waals surface area contributed by atoms with Crippen molar-refractivity contribution in [2.24, 2.45) is 5.92 Å². The van der Waals surface area contributed by atoms with Gasteiger partial charge >= 0.3 is 6.03 Å². The molecule has 2 aromatic carbocycles. The van der Waals surface area contributed by atoms with E-state index in [0.29, 0.717) is 29.0 Å². The number of amides is 5. The number of urea groups is 1. The minimum atomic E-state index is -1.52. The summed E-state index contributed by atoms with van der Waals surface area (Å²) in [5.74, 6) is -0.147. The predicted molar refractivity (Wildman–Crippen MR) is 167 cm³/mol. The van der Waals surface area contributed by atoms with Gasteiger partial charge in [-0.25, -0.2) is 4.79 Å². The Morgan fingerprint density at radius 2 is 1.36 bits per heavy atom. The summed E-state index contributed by atoms with van der Waals surface area (Å²) in [7, 11) is 3.05. The van der Waals surface area contributed by atoms with E-state index in [2.05, 4.69) is 26.6 Å². The van der Waals surface area contributed by atoms with Crippen molar-refractivity contribution in [1.82, 2.24) is 26.6 Å². The van der Waals surface area contributed by atoms with Crippen LogP contribution in [-0.4, -0.2) is 67.3 Å². The summed E-state index contributed by atoms with van der Waals surface area (Å²) in [6.07, 6.45) is -0.899. The summed E-state index contributed by atoms with van der Waals surface area (Å²) in [5, 5.41) is 24.4. The van der Waals surface area contributed by atoms with Crippen LogP contribution in [0.4, 0.5) is 4.79 Å². The Kier molecular flexibility index (Phi) is 14.4. The Morgan fingerprint density at radius 1 is 0.773 bits per heavy atom. The molecule has 0 aliphatic carbocycles. The van der Waals surface area contributed by atoms with Crippen molar-refractivity contribution in [3.05, 3.63) is 59.2 Å². The summed E-state index contributed by atoms with van der Waals surface area (Å²) < 4.78 is 10.5. The van der Waals surface area contributed by atoms with Gasteiger partial charge in [-0.2, -0.15) is 0 Å². The van der Waals surface area contributed by atoms with Crippen LogP contribution in [0.1, 0.15) is 68.9 Å². The Balaban J connectivity index is 1.96. The number of hydrogen-bond donors (Lipinski definition) is 6. The number of carbonyl (C=O) groups is 4. The Labute approximate surface area is 259 Å². The van der Waals surface area contributed by atoms with Gasteiger partial charge in [0.2, 0.25) is 5.91 Å².